The van der Waals surface area contributed by atoms with Crippen molar-refractivity contribution < 1.29 is 9.53 Å². The monoisotopic (exact) mass is 403 g/mol. The van der Waals surface area contributed by atoms with Crippen molar-refractivity contribution in [3.8, 4) is 11.4 Å². The minimum absolute atomic E-state index is 0.0707. The molecule has 0 unspecified atom stereocenters. The Labute approximate surface area is 173 Å². The topological polar surface area (TPSA) is 56.1 Å². The van der Waals surface area contributed by atoms with Crippen LogP contribution in [0.25, 0.3) is 16.7 Å². The fraction of sp³-hybridized carbons (Fsp3) is 0.130. The average molecular weight is 404 g/mol. The van der Waals surface area contributed by atoms with Crippen molar-refractivity contribution in [2.75, 3.05) is 12.4 Å². The summed E-state index contributed by atoms with van der Waals surface area (Å²) in [4.78, 5) is 17.1. The summed E-state index contributed by atoms with van der Waals surface area (Å²) in [6.07, 6.45) is 0. The predicted octanol–water partition coefficient (Wildman–Crippen LogP) is 5.28. The first-order valence-electron chi connectivity index (χ1n) is 9.25. The molecule has 1 heterocycles. The van der Waals surface area contributed by atoms with Crippen molar-refractivity contribution in [3.63, 3.8) is 0 Å². The summed E-state index contributed by atoms with van der Waals surface area (Å²) in [5.74, 6) is 2.46. The van der Waals surface area contributed by atoms with E-state index < -0.39 is 0 Å². The third-order valence-corrected chi connectivity index (χ3v) is 5.51. The van der Waals surface area contributed by atoms with Gasteiger partial charge in [0, 0.05) is 23.2 Å². The smallest absolute Gasteiger partial charge is 0.221 e. The van der Waals surface area contributed by atoms with Gasteiger partial charge < -0.3 is 10.1 Å². The van der Waals surface area contributed by atoms with Gasteiger partial charge in [-0.3, -0.25) is 9.36 Å². The van der Waals surface area contributed by atoms with Gasteiger partial charge in [-0.05, 0) is 60.7 Å². The fourth-order valence-electron chi connectivity index (χ4n) is 3.18. The van der Waals surface area contributed by atoms with Crippen molar-refractivity contribution in [2.45, 2.75) is 17.6 Å². The molecular formula is C23H21N3O2S. The normalized spacial score (nSPS) is 10.8. The molecular weight excluding hydrogens is 382 g/mol. The molecule has 1 aromatic heterocycles. The van der Waals surface area contributed by atoms with E-state index in [9.17, 15) is 4.79 Å². The minimum atomic E-state index is -0.0707. The number of nitrogens with zero attached hydrogens (tertiary/aromatic N) is 2. The zero-order chi connectivity index (χ0) is 20.2. The number of para-hydroxylation sites is 2. The van der Waals surface area contributed by atoms with E-state index in [4.69, 9.17) is 9.72 Å². The number of ether oxygens (including phenoxy) is 1. The number of hydrogen-bond donors (Lipinski definition) is 1. The molecule has 0 aliphatic carbocycles. The van der Waals surface area contributed by atoms with Crippen LogP contribution in [0.4, 0.5) is 5.69 Å². The van der Waals surface area contributed by atoms with E-state index in [2.05, 4.69) is 16.0 Å². The largest absolute Gasteiger partial charge is 0.497 e. The third-order valence-electron chi connectivity index (χ3n) is 4.50. The summed E-state index contributed by atoms with van der Waals surface area (Å²) in [7, 11) is 1.67. The number of benzene rings is 3. The lowest BCUT2D eigenvalue weighted by Gasteiger charge is -2.10. The highest BCUT2D eigenvalue weighted by Crippen LogP contribution is 2.29. The van der Waals surface area contributed by atoms with Crippen LogP contribution < -0.4 is 10.1 Å². The molecule has 0 radical (unpaired) electrons. The number of aromatic nitrogens is 2. The Morgan fingerprint density at radius 3 is 2.45 bits per heavy atom. The van der Waals surface area contributed by atoms with Gasteiger partial charge in [-0.1, -0.05) is 12.1 Å². The maximum atomic E-state index is 11.2. The molecule has 0 atom stereocenters. The summed E-state index contributed by atoms with van der Waals surface area (Å²) >= 11 is 1.71. The molecule has 1 N–H and O–H groups in total. The molecule has 4 aromatic rings. The highest BCUT2D eigenvalue weighted by molar-refractivity contribution is 7.98. The first kappa shape index (κ1) is 19.1. The minimum Gasteiger partial charge on any atom is -0.497 e. The highest BCUT2D eigenvalue weighted by Gasteiger charge is 2.13. The molecule has 0 spiro atoms. The van der Waals surface area contributed by atoms with E-state index in [0.717, 1.165) is 44.6 Å². The molecule has 0 saturated carbocycles. The average Bonchev–Trinajstić information content (AvgIpc) is 3.11. The molecule has 0 bridgehead atoms. The number of fused-ring (bicyclic) bond motifs is 1. The second-order valence-corrected chi connectivity index (χ2v) is 7.59. The maximum absolute atomic E-state index is 11.2. The van der Waals surface area contributed by atoms with Crippen LogP contribution >= 0.6 is 11.8 Å². The Morgan fingerprint density at radius 2 is 1.76 bits per heavy atom. The van der Waals surface area contributed by atoms with Crippen molar-refractivity contribution in [3.05, 3.63) is 78.6 Å². The molecule has 3 aromatic carbocycles. The predicted molar refractivity (Wildman–Crippen MR) is 118 cm³/mol. The van der Waals surface area contributed by atoms with E-state index in [-0.39, 0.29) is 5.91 Å². The van der Waals surface area contributed by atoms with E-state index in [1.54, 1.807) is 18.9 Å². The molecule has 1 amide bonds. The molecule has 4 rings (SSSR count). The summed E-state index contributed by atoms with van der Waals surface area (Å²) in [5.41, 5.74) is 3.90. The van der Waals surface area contributed by atoms with Crippen molar-refractivity contribution in [2.24, 2.45) is 0 Å². The quantitative estimate of drug-likeness (QED) is 0.445. The van der Waals surface area contributed by atoms with Gasteiger partial charge in [-0.25, -0.2) is 4.98 Å². The van der Waals surface area contributed by atoms with Crippen LogP contribution in [-0.4, -0.2) is 22.6 Å². The number of rotatable bonds is 6. The van der Waals surface area contributed by atoms with E-state index in [1.807, 2.05) is 66.7 Å². The van der Waals surface area contributed by atoms with Crippen LogP contribution in [0.2, 0.25) is 0 Å². The lowest BCUT2D eigenvalue weighted by molar-refractivity contribution is -0.114. The molecule has 0 saturated heterocycles. The van der Waals surface area contributed by atoms with Gasteiger partial charge in [0.1, 0.15) is 11.6 Å². The van der Waals surface area contributed by atoms with Gasteiger partial charge in [0.2, 0.25) is 5.91 Å². The number of carbonyl (C=O) groups is 1. The molecule has 29 heavy (non-hydrogen) atoms. The Balaban J connectivity index is 1.62. The molecule has 0 aliphatic rings. The molecule has 0 aliphatic heterocycles. The first-order chi connectivity index (χ1) is 14.1. The molecule has 0 fully saturated rings. The van der Waals surface area contributed by atoms with Gasteiger partial charge in [-0.2, -0.15) is 0 Å². The Hall–Kier alpha value is -3.25. The standard InChI is InChI=1S/C23H21N3O2S/c1-16(27)24-17-7-13-20(14-8-17)29-15-23-25-21-5-3-4-6-22(21)26(23)18-9-11-19(28-2)12-10-18/h3-14H,15H2,1-2H3,(H,24,27). The number of imidazole rings is 1. The van der Waals surface area contributed by atoms with Crippen molar-refractivity contribution >= 4 is 34.4 Å². The third kappa shape index (κ3) is 4.27. The number of nitrogens with one attached hydrogen (secondary N) is 1. The van der Waals surface area contributed by atoms with Crippen LogP contribution in [0, 0.1) is 0 Å². The Kier molecular flexibility index (Phi) is 5.53. The zero-order valence-electron chi connectivity index (χ0n) is 16.3. The van der Waals surface area contributed by atoms with Crippen molar-refractivity contribution in [1.82, 2.24) is 9.55 Å². The maximum Gasteiger partial charge on any atom is 0.221 e. The number of carbonyl (C=O) groups excluding carboxylic acids is 1. The lowest BCUT2D eigenvalue weighted by Crippen LogP contribution is -2.05. The zero-order valence-corrected chi connectivity index (χ0v) is 17.1. The SMILES string of the molecule is COc1ccc(-n2c(CSc3ccc(NC(C)=O)cc3)nc3ccccc32)cc1. The second kappa shape index (κ2) is 8.41. The van der Waals surface area contributed by atoms with Gasteiger partial charge in [0.05, 0.1) is 23.9 Å². The van der Waals surface area contributed by atoms with Crippen LogP contribution in [-0.2, 0) is 10.5 Å². The van der Waals surface area contributed by atoms with Crippen LogP contribution in [0.5, 0.6) is 5.75 Å². The molecule has 146 valence electrons. The number of amides is 1. The Morgan fingerprint density at radius 1 is 1.03 bits per heavy atom. The Bertz CT molecular complexity index is 1140. The summed E-state index contributed by atoms with van der Waals surface area (Å²) in [6, 6.07) is 24.0. The van der Waals surface area contributed by atoms with Gasteiger partial charge in [0.15, 0.2) is 0 Å². The van der Waals surface area contributed by atoms with Gasteiger partial charge >= 0.3 is 0 Å². The summed E-state index contributed by atoms with van der Waals surface area (Å²) in [6.45, 7) is 1.51. The fourth-order valence-corrected chi connectivity index (χ4v) is 4.00. The van der Waals surface area contributed by atoms with E-state index >= 15 is 0 Å². The van der Waals surface area contributed by atoms with Crippen LogP contribution in [0.1, 0.15) is 12.7 Å². The van der Waals surface area contributed by atoms with Gasteiger partial charge in [0.25, 0.3) is 0 Å². The first-order valence-corrected chi connectivity index (χ1v) is 10.2. The van der Waals surface area contributed by atoms with E-state index in [0.29, 0.717) is 0 Å². The number of anilines is 1. The number of methoxy groups -OCH3 is 1. The van der Waals surface area contributed by atoms with Crippen LogP contribution in [0.3, 0.4) is 0 Å². The molecule has 6 heteroatoms. The summed E-state index contributed by atoms with van der Waals surface area (Å²) < 4.78 is 7.48. The number of hydrogen-bond acceptors (Lipinski definition) is 4. The van der Waals surface area contributed by atoms with Crippen molar-refractivity contribution in [1.29, 1.82) is 0 Å². The summed E-state index contributed by atoms with van der Waals surface area (Å²) in [5, 5.41) is 2.79. The highest BCUT2D eigenvalue weighted by atomic mass is 32.2. The lowest BCUT2D eigenvalue weighted by atomic mass is 10.2. The van der Waals surface area contributed by atoms with Crippen LogP contribution in [0.15, 0.2) is 77.7 Å². The number of thioether (sulfide) groups is 1. The second-order valence-electron chi connectivity index (χ2n) is 6.54. The van der Waals surface area contributed by atoms with Gasteiger partial charge in [-0.15, -0.1) is 11.8 Å². The molecule has 5 nitrogen and oxygen atoms in total. The van der Waals surface area contributed by atoms with E-state index in [1.165, 1.54) is 6.92 Å².